The van der Waals surface area contributed by atoms with Gasteiger partial charge in [0.25, 0.3) is 0 Å². The van der Waals surface area contributed by atoms with E-state index in [2.05, 4.69) is 9.88 Å². The monoisotopic (exact) mass is 370 g/mol. The summed E-state index contributed by atoms with van der Waals surface area (Å²) in [6, 6.07) is 13.6. The van der Waals surface area contributed by atoms with Crippen LogP contribution >= 0.6 is 0 Å². The molecule has 5 nitrogen and oxygen atoms in total. The summed E-state index contributed by atoms with van der Waals surface area (Å²) in [5, 5.41) is 10.2. The van der Waals surface area contributed by atoms with E-state index in [1.807, 2.05) is 24.3 Å². The van der Waals surface area contributed by atoms with Crippen LogP contribution in [0.25, 0.3) is 11.1 Å². The van der Waals surface area contributed by atoms with Gasteiger partial charge in [0.15, 0.2) is 11.5 Å². The maximum atomic E-state index is 12.9. The number of ether oxygens (including phenoxy) is 1. The zero-order valence-electron chi connectivity index (χ0n) is 15.1. The van der Waals surface area contributed by atoms with Gasteiger partial charge < -0.3 is 19.2 Å². The molecule has 1 unspecified atom stereocenters. The predicted molar refractivity (Wildman–Crippen MR) is 100 cm³/mol. The summed E-state index contributed by atoms with van der Waals surface area (Å²) in [7, 11) is 0. The van der Waals surface area contributed by atoms with Crippen LogP contribution in [0.1, 0.15) is 24.7 Å². The highest BCUT2D eigenvalue weighted by Crippen LogP contribution is 2.29. The first kappa shape index (κ1) is 17.9. The predicted octanol–water partition coefficient (Wildman–Crippen LogP) is 3.59. The molecule has 1 aromatic heterocycles. The molecule has 1 N–H and O–H groups in total. The lowest BCUT2D eigenvalue weighted by Gasteiger charge is -2.31. The number of para-hydroxylation sites is 2. The van der Waals surface area contributed by atoms with Crippen molar-refractivity contribution in [2.24, 2.45) is 0 Å². The van der Waals surface area contributed by atoms with Crippen LogP contribution in [0.2, 0.25) is 0 Å². The fourth-order valence-electron chi connectivity index (χ4n) is 3.50. The molecule has 2 heterocycles. The molecule has 1 aliphatic rings. The van der Waals surface area contributed by atoms with Crippen molar-refractivity contribution in [1.82, 2.24) is 9.88 Å². The van der Waals surface area contributed by atoms with Crippen LogP contribution in [0.5, 0.6) is 5.75 Å². The number of hydrogen-bond donors (Lipinski definition) is 1. The number of aromatic nitrogens is 1. The Morgan fingerprint density at radius 2 is 1.89 bits per heavy atom. The van der Waals surface area contributed by atoms with Gasteiger partial charge in [-0.2, -0.15) is 0 Å². The van der Waals surface area contributed by atoms with Crippen molar-refractivity contribution < 1.29 is 18.7 Å². The molecule has 27 heavy (non-hydrogen) atoms. The molecule has 2 aromatic carbocycles. The van der Waals surface area contributed by atoms with Gasteiger partial charge in [0, 0.05) is 12.5 Å². The second kappa shape index (κ2) is 8.06. The van der Waals surface area contributed by atoms with Crippen molar-refractivity contribution in [2.45, 2.75) is 24.9 Å². The quantitative estimate of drug-likeness (QED) is 0.719. The van der Waals surface area contributed by atoms with E-state index in [-0.39, 0.29) is 12.4 Å². The topological polar surface area (TPSA) is 58.7 Å². The molecule has 3 aromatic rings. The number of β-amino-alcohol motifs (C(OH)–C–C–N with tert-alkyl or cyclic N) is 1. The number of aliphatic hydroxyl groups is 1. The van der Waals surface area contributed by atoms with E-state index in [0.717, 1.165) is 42.9 Å². The highest BCUT2D eigenvalue weighted by atomic mass is 19.1. The second-order valence-electron chi connectivity index (χ2n) is 7.01. The number of likely N-dealkylation sites (tertiary alicyclic amines) is 1. The Kier molecular flexibility index (Phi) is 5.36. The second-order valence-corrected chi connectivity index (χ2v) is 7.01. The summed E-state index contributed by atoms with van der Waals surface area (Å²) in [4.78, 5) is 6.84. The molecule has 0 amide bonds. The highest BCUT2D eigenvalue weighted by molar-refractivity contribution is 5.72. The highest BCUT2D eigenvalue weighted by Gasteiger charge is 2.25. The van der Waals surface area contributed by atoms with Gasteiger partial charge in [-0.3, -0.25) is 0 Å². The first-order valence-electron chi connectivity index (χ1n) is 9.31. The Labute approximate surface area is 157 Å². The maximum Gasteiger partial charge on any atom is 0.198 e. The number of benzene rings is 2. The van der Waals surface area contributed by atoms with Crippen LogP contribution in [-0.2, 0) is 0 Å². The van der Waals surface area contributed by atoms with E-state index in [1.165, 1.54) is 12.1 Å². The van der Waals surface area contributed by atoms with E-state index in [1.54, 1.807) is 12.1 Å². The Hall–Kier alpha value is -2.44. The smallest absolute Gasteiger partial charge is 0.198 e. The summed E-state index contributed by atoms with van der Waals surface area (Å²) in [5.41, 5.74) is 1.74. The van der Waals surface area contributed by atoms with E-state index in [0.29, 0.717) is 18.2 Å². The zero-order valence-corrected chi connectivity index (χ0v) is 15.1. The lowest BCUT2D eigenvalue weighted by molar-refractivity contribution is 0.0583. The fourth-order valence-corrected chi connectivity index (χ4v) is 3.50. The number of halogens is 1. The van der Waals surface area contributed by atoms with Crippen LogP contribution < -0.4 is 4.74 Å². The maximum absolute atomic E-state index is 12.9. The van der Waals surface area contributed by atoms with Gasteiger partial charge >= 0.3 is 0 Å². The van der Waals surface area contributed by atoms with Gasteiger partial charge in [0.1, 0.15) is 29.8 Å². The first-order chi connectivity index (χ1) is 13.2. The number of hydrogen-bond acceptors (Lipinski definition) is 5. The Morgan fingerprint density at radius 3 is 2.63 bits per heavy atom. The van der Waals surface area contributed by atoms with Crippen molar-refractivity contribution >= 4 is 11.1 Å². The van der Waals surface area contributed by atoms with Crippen molar-refractivity contribution in [3.05, 3.63) is 60.2 Å². The average Bonchev–Trinajstić information content (AvgIpc) is 3.12. The van der Waals surface area contributed by atoms with Gasteiger partial charge in [-0.05, 0) is 62.3 Å². The third-order valence-corrected chi connectivity index (χ3v) is 4.97. The van der Waals surface area contributed by atoms with Crippen molar-refractivity contribution in [3.8, 4) is 5.75 Å². The number of aliphatic hydroxyl groups excluding tert-OH is 1. The van der Waals surface area contributed by atoms with Gasteiger partial charge in [-0.15, -0.1) is 0 Å². The number of rotatable bonds is 6. The first-order valence-corrected chi connectivity index (χ1v) is 9.31. The normalized spacial score (nSPS) is 17.3. The molecule has 0 spiro atoms. The minimum atomic E-state index is -0.587. The van der Waals surface area contributed by atoms with Gasteiger partial charge in [-0.25, -0.2) is 9.37 Å². The van der Waals surface area contributed by atoms with Crippen LogP contribution in [-0.4, -0.2) is 47.3 Å². The standard InChI is InChI=1S/C21H23FN2O3/c22-16-5-7-18(8-6-16)26-14-17(25)13-24-11-9-15(10-12-24)21-23-19-3-1-2-4-20(19)27-21/h1-8,15,17,25H,9-14H2. The van der Waals surface area contributed by atoms with E-state index in [9.17, 15) is 9.50 Å². The van der Waals surface area contributed by atoms with Crippen LogP contribution in [0.3, 0.4) is 0 Å². The minimum Gasteiger partial charge on any atom is -0.491 e. The molecule has 0 saturated carbocycles. The largest absolute Gasteiger partial charge is 0.491 e. The van der Waals surface area contributed by atoms with Gasteiger partial charge in [0.2, 0.25) is 0 Å². The summed E-state index contributed by atoms with van der Waals surface area (Å²) in [6.45, 7) is 2.52. The third kappa shape index (κ3) is 4.46. The molecule has 4 rings (SSSR count). The molecule has 1 saturated heterocycles. The number of piperidine rings is 1. The molecule has 1 fully saturated rings. The SMILES string of the molecule is OC(COc1ccc(F)cc1)CN1CCC(c2nc3ccccc3o2)CC1. The third-order valence-electron chi connectivity index (χ3n) is 4.97. The average molecular weight is 370 g/mol. The summed E-state index contributed by atoms with van der Waals surface area (Å²) in [5.74, 6) is 1.40. The fraction of sp³-hybridized carbons (Fsp3) is 0.381. The molecule has 0 bridgehead atoms. The molecular formula is C21H23FN2O3. The Morgan fingerprint density at radius 1 is 1.15 bits per heavy atom. The van der Waals surface area contributed by atoms with Crippen LogP contribution in [0, 0.1) is 5.82 Å². The summed E-state index contributed by atoms with van der Waals surface area (Å²) in [6.07, 6.45) is 1.33. The van der Waals surface area contributed by atoms with E-state index >= 15 is 0 Å². The minimum absolute atomic E-state index is 0.191. The number of nitrogens with zero attached hydrogens (tertiary/aromatic N) is 2. The van der Waals surface area contributed by atoms with E-state index in [4.69, 9.17) is 9.15 Å². The van der Waals surface area contributed by atoms with Gasteiger partial charge in [-0.1, -0.05) is 12.1 Å². The van der Waals surface area contributed by atoms with E-state index < -0.39 is 6.10 Å². The molecule has 6 heteroatoms. The van der Waals surface area contributed by atoms with Gasteiger partial charge in [0.05, 0.1) is 0 Å². The Bertz CT molecular complexity index is 840. The summed E-state index contributed by atoms with van der Waals surface area (Å²) < 4.78 is 24.3. The molecule has 1 aliphatic heterocycles. The Balaban J connectivity index is 1.24. The lowest BCUT2D eigenvalue weighted by atomic mass is 9.96. The molecule has 0 radical (unpaired) electrons. The van der Waals surface area contributed by atoms with Crippen molar-refractivity contribution in [1.29, 1.82) is 0 Å². The molecule has 1 atom stereocenters. The summed E-state index contributed by atoms with van der Waals surface area (Å²) >= 11 is 0. The van der Waals surface area contributed by atoms with Crippen molar-refractivity contribution in [3.63, 3.8) is 0 Å². The molecule has 142 valence electrons. The van der Waals surface area contributed by atoms with Crippen LogP contribution in [0.4, 0.5) is 4.39 Å². The van der Waals surface area contributed by atoms with Crippen LogP contribution in [0.15, 0.2) is 52.9 Å². The lowest BCUT2D eigenvalue weighted by Crippen LogP contribution is -2.40. The zero-order chi connectivity index (χ0) is 18.6. The molecule has 0 aliphatic carbocycles. The van der Waals surface area contributed by atoms with Crippen molar-refractivity contribution in [2.75, 3.05) is 26.2 Å². The molecular weight excluding hydrogens is 347 g/mol. The number of fused-ring (bicyclic) bond motifs is 1. The number of oxazole rings is 1.